The van der Waals surface area contributed by atoms with Crippen LogP contribution in [0.25, 0.3) is 27.8 Å². The van der Waals surface area contributed by atoms with Crippen molar-refractivity contribution >= 4 is 27.8 Å². The molecule has 0 saturated heterocycles. The summed E-state index contributed by atoms with van der Waals surface area (Å²) < 4.78 is 48.0. The molecule has 3 aromatic rings. The molecule has 0 fully saturated rings. The Hall–Kier alpha value is -3.28. The fourth-order valence-electron chi connectivity index (χ4n) is 5.06. The third-order valence-electron chi connectivity index (χ3n) is 7.42. The van der Waals surface area contributed by atoms with Gasteiger partial charge in [-0.1, -0.05) is 38.2 Å². The van der Waals surface area contributed by atoms with Gasteiger partial charge in [-0.2, -0.15) is 13.2 Å². The third-order valence-corrected chi connectivity index (χ3v) is 7.42. The second-order valence-electron chi connectivity index (χ2n) is 10.3. The number of likely N-dealkylation sites (N-methyl/N-ethyl adjacent to an activating group) is 1. The Balaban J connectivity index is 1.78. The summed E-state index contributed by atoms with van der Waals surface area (Å²) in [4.78, 5) is 6.71. The number of hydrogen-bond donors (Lipinski definition) is 0. The molecule has 0 saturated carbocycles. The highest BCUT2D eigenvalue weighted by atomic mass is 19.4. The van der Waals surface area contributed by atoms with Crippen LogP contribution in [-0.4, -0.2) is 29.1 Å². The van der Waals surface area contributed by atoms with Gasteiger partial charge >= 0.3 is 6.18 Å². The molecule has 0 spiro atoms. The Bertz CT molecular complexity index is 1480. The van der Waals surface area contributed by atoms with Gasteiger partial charge in [-0.3, -0.25) is 0 Å². The average Bonchev–Trinajstić information content (AvgIpc) is 3.13. The van der Waals surface area contributed by atoms with Crippen LogP contribution in [0, 0.1) is 26.2 Å². The van der Waals surface area contributed by atoms with E-state index in [1.807, 2.05) is 63.4 Å². The molecule has 0 bridgehead atoms. The smallest absolute Gasteiger partial charge is 0.394 e. The lowest BCUT2D eigenvalue weighted by Gasteiger charge is -2.39. The summed E-state index contributed by atoms with van der Waals surface area (Å²) in [5.74, 6) is 0. The van der Waals surface area contributed by atoms with E-state index in [1.54, 1.807) is 0 Å². The van der Waals surface area contributed by atoms with Crippen LogP contribution in [0.3, 0.4) is 0 Å². The van der Waals surface area contributed by atoms with Crippen molar-refractivity contribution in [2.75, 3.05) is 7.05 Å². The van der Waals surface area contributed by atoms with Gasteiger partial charge in [0.1, 0.15) is 5.58 Å². The largest absolute Gasteiger partial charge is 0.437 e. The van der Waals surface area contributed by atoms with Crippen LogP contribution in [0.4, 0.5) is 13.2 Å². The second-order valence-corrected chi connectivity index (χ2v) is 10.3. The molecule has 35 heavy (non-hydrogen) atoms. The van der Waals surface area contributed by atoms with E-state index in [1.165, 1.54) is 13.8 Å². The molecule has 2 aliphatic rings. The molecule has 182 valence electrons. The van der Waals surface area contributed by atoms with Gasteiger partial charge in [0.15, 0.2) is 0 Å². The van der Waals surface area contributed by atoms with Gasteiger partial charge in [-0.05, 0) is 73.7 Å². The number of fused-ring (bicyclic) bond motifs is 4. The van der Waals surface area contributed by atoms with E-state index in [-0.39, 0.29) is 12.5 Å². The normalized spacial score (nSPS) is 18.6. The Morgan fingerprint density at radius 2 is 1.80 bits per heavy atom. The fraction of sp³-hybridized carbons (Fsp3) is 0.345. The predicted molar refractivity (Wildman–Crippen MR) is 135 cm³/mol. The highest BCUT2D eigenvalue weighted by molar-refractivity contribution is 6.08. The first kappa shape index (κ1) is 23.5. The average molecular weight is 479 g/mol. The summed E-state index contributed by atoms with van der Waals surface area (Å²) in [6, 6.07) is 5.94. The zero-order valence-electron chi connectivity index (χ0n) is 20.8. The molecular formula is C29H29F3N2O. The number of rotatable bonds is 3. The number of benzene rings is 1. The highest BCUT2D eigenvalue weighted by Gasteiger charge is 2.48. The number of aromatic nitrogens is 1. The van der Waals surface area contributed by atoms with E-state index in [9.17, 15) is 13.2 Å². The summed E-state index contributed by atoms with van der Waals surface area (Å²) >= 11 is 0. The van der Waals surface area contributed by atoms with Crippen molar-refractivity contribution in [2.24, 2.45) is 5.41 Å². The quantitative estimate of drug-likeness (QED) is 0.382. The number of alkyl halides is 3. The van der Waals surface area contributed by atoms with Crippen molar-refractivity contribution in [1.29, 1.82) is 0 Å². The summed E-state index contributed by atoms with van der Waals surface area (Å²) in [6.07, 6.45) is 5.33. The van der Waals surface area contributed by atoms with Gasteiger partial charge in [0.05, 0.1) is 11.5 Å². The van der Waals surface area contributed by atoms with Gasteiger partial charge in [0, 0.05) is 34.8 Å². The number of halogens is 3. The van der Waals surface area contributed by atoms with Crippen LogP contribution in [0.2, 0.25) is 0 Å². The van der Waals surface area contributed by atoms with Crippen LogP contribution < -0.4 is 0 Å². The standard InChI is InChI=1S/C29H29F3N2O/c1-16-13-22-21-12-11-17(2)33-27(21)35-26(22)25(18(16)3)24-14-19(15-28(4,5)29(30,31)32)20-9-7-8-10-23(20)34(24)6/h7-14,23H,15H2,1-6H3. The van der Waals surface area contributed by atoms with Crippen LogP contribution in [0.5, 0.6) is 0 Å². The molecule has 2 aromatic heterocycles. The maximum Gasteiger partial charge on any atom is 0.394 e. The molecule has 1 aliphatic heterocycles. The zero-order valence-corrected chi connectivity index (χ0v) is 20.8. The highest BCUT2D eigenvalue weighted by Crippen LogP contribution is 2.47. The minimum Gasteiger partial charge on any atom is -0.437 e. The van der Waals surface area contributed by atoms with Gasteiger partial charge in [0.25, 0.3) is 0 Å². The number of hydrogen-bond acceptors (Lipinski definition) is 3. The molecule has 1 atom stereocenters. The van der Waals surface area contributed by atoms with Gasteiger partial charge in [-0.15, -0.1) is 0 Å². The first-order valence-corrected chi connectivity index (χ1v) is 11.8. The van der Waals surface area contributed by atoms with Crippen molar-refractivity contribution in [1.82, 2.24) is 9.88 Å². The van der Waals surface area contributed by atoms with Crippen LogP contribution in [-0.2, 0) is 0 Å². The van der Waals surface area contributed by atoms with Crippen molar-refractivity contribution < 1.29 is 17.6 Å². The maximum atomic E-state index is 13.9. The Kier molecular flexibility index (Phi) is 5.28. The summed E-state index contributed by atoms with van der Waals surface area (Å²) in [5.41, 5.74) is 5.79. The Morgan fingerprint density at radius 3 is 2.51 bits per heavy atom. The van der Waals surface area contributed by atoms with E-state index in [0.717, 1.165) is 44.4 Å². The lowest BCUT2D eigenvalue weighted by atomic mass is 9.79. The summed E-state index contributed by atoms with van der Waals surface area (Å²) in [5, 5.41) is 1.90. The monoisotopic (exact) mass is 478 g/mol. The van der Waals surface area contributed by atoms with Crippen molar-refractivity contribution in [2.45, 2.75) is 53.3 Å². The Morgan fingerprint density at radius 1 is 1.06 bits per heavy atom. The van der Waals surface area contributed by atoms with Gasteiger partial charge < -0.3 is 9.32 Å². The van der Waals surface area contributed by atoms with Crippen molar-refractivity contribution in [3.8, 4) is 0 Å². The van der Waals surface area contributed by atoms with E-state index >= 15 is 0 Å². The zero-order chi connectivity index (χ0) is 25.3. The lowest BCUT2D eigenvalue weighted by Crippen LogP contribution is -2.37. The minimum atomic E-state index is -4.31. The molecule has 0 N–H and O–H groups in total. The molecule has 0 radical (unpaired) electrons. The SMILES string of the molecule is Cc1ccc2c(n1)oc1c(C3=CC(CC(C)(C)C(F)(F)F)=C4C=CC=CC4N3C)c(C)c(C)cc12. The molecular weight excluding hydrogens is 449 g/mol. The number of nitrogens with zero attached hydrogens (tertiary/aromatic N) is 2. The van der Waals surface area contributed by atoms with Crippen molar-refractivity contribution in [3.63, 3.8) is 0 Å². The molecule has 0 amide bonds. The summed E-state index contributed by atoms with van der Waals surface area (Å²) in [7, 11) is 1.99. The number of furan rings is 1. The molecule has 3 heterocycles. The van der Waals surface area contributed by atoms with Gasteiger partial charge in [-0.25, -0.2) is 4.98 Å². The topological polar surface area (TPSA) is 29.3 Å². The number of allylic oxidation sites excluding steroid dienone is 4. The molecule has 1 unspecified atom stereocenters. The van der Waals surface area contributed by atoms with E-state index in [2.05, 4.69) is 22.9 Å². The second kappa shape index (κ2) is 7.87. The van der Waals surface area contributed by atoms with Crippen molar-refractivity contribution in [3.05, 3.63) is 82.1 Å². The van der Waals surface area contributed by atoms with E-state index in [0.29, 0.717) is 16.9 Å². The van der Waals surface area contributed by atoms with E-state index < -0.39 is 11.6 Å². The van der Waals surface area contributed by atoms with E-state index in [4.69, 9.17) is 4.42 Å². The summed E-state index contributed by atoms with van der Waals surface area (Å²) in [6.45, 7) is 8.56. The first-order valence-electron chi connectivity index (χ1n) is 11.8. The molecule has 3 nitrogen and oxygen atoms in total. The minimum absolute atomic E-state index is 0.104. The van der Waals surface area contributed by atoms with Crippen LogP contribution in [0.15, 0.2) is 64.1 Å². The number of aryl methyl sites for hydroxylation is 2. The maximum absolute atomic E-state index is 13.9. The molecule has 1 aromatic carbocycles. The predicted octanol–water partition coefficient (Wildman–Crippen LogP) is 7.96. The van der Waals surface area contributed by atoms with Gasteiger partial charge in [0.2, 0.25) is 5.71 Å². The molecule has 5 rings (SSSR count). The lowest BCUT2D eigenvalue weighted by molar-refractivity contribution is -0.210. The molecule has 1 aliphatic carbocycles. The Labute approximate surface area is 203 Å². The van der Waals surface area contributed by atoms with Crippen LogP contribution in [0.1, 0.15) is 42.7 Å². The number of pyridine rings is 1. The first-order chi connectivity index (χ1) is 16.4. The fourth-order valence-corrected chi connectivity index (χ4v) is 5.06. The van der Waals surface area contributed by atoms with Crippen LogP contribution >= 0.6 is 0 Å². The molecule has 6 heteroatoms. The third kappa shape index (κ3) is 3.70.